The van der Waals surface area contributed by atoms with E-state index in [0.29, 0.717) is 6.42 Å². The van der Waals surface area contributed by atoms with Gasteiger partial charge in [0.2, 0.25) is 5.91 Å². The number of rotatable bonds is 6. The van der Waals surface area contributed by atoms with Crippen LogP contribution in [0.15, 0.2) is 18.2 Å². The number of benzene rings is 1. The molecule has 3 heteroatoms. The van der Waals surface area contributed by atoms with Crippen LogP contribution in [-0.2, 0) is 11.2 Å². The Morgan fingerprint density at radius 1 is 1.24 bits per heavy atom. The van der Waals surface area contributed by atoms with Gasteiger partial charge >= 0.3 is 0 Å². The predicted molar refractivity (Wildman–Crippen MR) is 80.8 cm³/mol. The van der Waals surface area contributed by atoms with E-state index in [1.807, 2.05) is 6.07 Å². The normalized spacial score (nSPS) is 10.3. The lowest BCUT2D eigenvalue weighted by Crippen LogP contribution is -2.26. The Balaban J connectivity index is 2.37. The van der Waals surface area contributed by atoms with Crippen LogP contribution in [-0.4, -0.2) is 16.9 Å². The van der Waals surface area contributed by atoms with Gasteiger partial charge in [0.05, 0.1) is 6.42 Å². The zero-order chi connectivity index (χ0) is 12.7. The Labute approximate surface area is 117 Å². The van der Waals surface area contributed by atoms with Crippen LogP contribution >= 0.6 is 22.6 Å². The van der Waals surface area contributed by atoms with Crippen molar-refractivity contribution >= 4 is 28.5 Å². The second kappa shape index (κ2) is 7.69. The third-order valence-electron chi connectivity index (χ3n) is 2.82. The summed E-state index contributed by atoms with van der Waals surface area (Å²) in [6.45, 7) is 4.97. The van der Waals surface area contributed by atoms with Crippen LogP contribution in [0.25, 0.3) is 0 Å². The highest BCUT2D eigenvalue weighted by molar-refractivity contribution is 14.1. The lowest BCUT2D eigenvalue weighted by molar-refractivity contribution is -0.120. The largest absolute Gasteiger partial charge is 0.356 e. The summed E-state index contributed by atoms with van der Waals surface area (Å²) < 4.78 is 1.16. The highest BCUT2D eigenvalue weighted by atomic mass is 127. The number of carbonyl (C=O) groups is 1. The van der Waals surface area contributed by atoms with Gasteiger partial charge in [0.15, 0.2) is 0 Å². The van der Waals surface area contributed by atoms with E-state index in [0.717, 1.165) is 23.0 Å². The molecule has 0 saturated carbocycles. The zero-order valence-electron chi connectivity index (χ0n) is 10.6. The van der Waals surface area contributed by atoms with Gasteiger partial charge in [-0.05, 0) is 47.8 Å². The Kier molecular flexibility index (Phi) is 6.55. The highest BCUT2D eigenvalue weighted by Gasteiger charge is 2.03. The standard InChI is InChI=1S/C14H20INO/c1-11-5-6-13(9-12(11)2)10-14(17)16-8-4-3-7-15/h5-6,9H,3-4,7-8,10H2,1-2H3,(H,16,17). The molecule has 0 spiro atoms. The summed E-state index contributed by atoms with van der Waals surface area (Å²) in [5.41, 5.74) is 3.62. The van der Waals surface area contributed by atoms with Gasteiger partial charge in [-0.15, -0.1) is 0 Å². The Hall–Kier alpha value is -0.580. The molecule has 1 rings (SSSR count). The first-order valence-corrected chi connectivity index (χ1v) is 7.55. The lowest BCUT2D eigenvalue weighted by atomic mass is 10.0. The van der Waals surface area contributed by atoms with Crippen molar-refractivity contribution in [2.24, 2.45) is 0 Å². The molecule has 0 heterocycles. The first kappa shape index (κ1) is 14.5. The van der Waals surface area contributed by atoms with E-state index in [1.165, 1.54) is 17.5 Å². The number of aryl methyl sites for hydroxylation is 2. The van der Waals surface area contributed by atoms with E-state index in [-0.39, 0.29) is 5.91 Å². The fourth-order valence-corrected chi connectivity index (χ4v) is 2.15. The molecule has 17 heavy (non-hydrogen) atoms. The zero-order valence-corrected chi connectivity index (χ0v) is 12.7. The number of carbonyl (C=O) groups excluding carboxylic acids is 1. The summed E-state index contributed by atoms with van der Waals surface area (Å²) in [7, 11) is 0. The number of alkyl halides is 1. The van der Waals surface area contributed by atoms with E-state index >= 15 is 0 Å². The van der Waals surface area contributed by atoms with Crippen molar-refractivity contribution < 1.29 is 4.79 Å². The molecule has 1 N–H and O–H groups in total. The first-order chi connectivity index (χ1) is 8.13. The summed E-state index contributed by atoms with van der Waals surface area (Å²) in [6, 6.07) is 6.21. The van der Waals surface area contributed by atoms with E-state index in [2.05, 4.69) is 53.9 Å². The van der Waals surface area contributed by atoms with Crippen LogP contribution in [0.5, 0.6) is 0 Å². The Morgan fingerprint density at radius 3 is 2.65 bits per heavy atom. The monoisotopic (exact) mass is 345 g/mol. The fourth-order valence-electron chi connectivity index (χ4n) is 1.61. The second-order valence-corrected chi connectivity index (χ2v) is 5.42. The quantitative estimate of drug-likeness (QED) is 0.479. The molecule has 0 atom stereocenters. The van der Waals surface area contributed by atoms with Crippen molar-refractivity contribution in [3.8, 4) is 0 Å². The predicted octanol–water partition coefficient (Wildman–Crippen LogP) is 3.18. The number of amides is 1. The van der Waals surface area contributed by atoms with Gasteiger partial charge in [-0.2, -0.15) is 0 Å². The first-order valence-electron chi connectivity index (χ1n) is 6.02. The number of unbranched alkanes of at least 4 members (excludes halogenated alkanes) is 1. The van der Waals surface area contributed by atoms with Crippen LogP contribution in [0.4, 0.5) is 0 Å². The van der Waals surface area contributed by atoms with Crippen LogP contribution < -0.4 is 5.32 Å². The molecule has 0 fully saturated rings. The highest BCUT2D eigenvalue weighted by Crippen LogP contribution is 2.10. The maximum atomic E-state index is 11.7. The molecule has 94 valence electrons. The third kappa shape index (κ3) is 5.52. The molecular formula is C14H20INO. The molecule has 0 bridgehead atoms. The van der Waals surface area contributed by atoms with Crippen LogP contribution in [0.1, 0.15) is 29.5 Å². The molecule has 0 saturated heterocycles. The minimum Gasteiger partial charge on any atom is -0.356 e. The summed E-state index contributed by atoms with van der Waals surface area (Å²) in [6.07, 6.45) is 2.73. The van der Waals surface area contributed by atoms with Gasteiger partial charge in [-0.25, -0.2) is 0 Å². The summed E-state index contributed by atoms with van der Waals surface area (Å²) in [5.74, 6) is 0.127. The molecule has 1 aromatic rings. The van der Waals surface area contributed by atoms with Gasteiger partial charge in [-0.1, -0.05) is 40.8 Å². The van der Waals surface area contributed by atoms with Crippen molar-refractivity contribution in [2.45, 2.75) is 33.1 Å². The van der Waals surface area contributed by atoms with Crippen molar-refractivity contribution in [3.63, 3.8) is 0 Å². The van der Waals surface area contributed by atoms with Gasteiger partial charge < -0.3 is 5.32 Å². The second-order valence-electron chi connectivity index (χ2n) is 4.34. The van der Waals surface area contributed by atoms with E-state index in [1.54, 1.807) is 0 Å². The Bertz CT molecular complexity index is 376. The van der Waals surface area contributed by atoms with E-state index in [4.69, 9.17) is 0 Å². The molecule has 0 aliphatic carbocycles. The van der Waals surface area contributed by atoms with Gasteiger partial charge in [0, 0.05) is 6.54 Å². The number of nitrogens with one attached hydrogen (secondary N) is 1. The van der Waals surface area contributed by atoms with Crippen LogP contribution in [0.2, 0.25) is 0 Å². The minimum absolute atomic E-state index is 0.127. The van der Waals surface area contributed by atoms with Gasteiger partial charge in [-0.3, -0.25) is 4.79 Å². The third-order valence-corrected chi connectivity index (χ3v) is 3.58. The fraction of sp³-hybridized carbons (Fsp3) is 0.500. The average molecular weight is 345 g/mol. The van der Waals surface area contributed by atoms with Crippen molar-refractivity contribution in [1.29, 1.82) is 0 Å². The maximum absolute atomic E-state index is 11.7. The molecule has 0 aliphatic heterocycles. The SMILES string of the molecule is Cc1ccc(CC(=O)NCCCCI)cc1C. The van der Waals surface area contributed by atoms with Crippen LogP contribution in [0.3, 0.4) is 0 Å². The van der Waals surface area contributed by atoms with Gasteiger partial charge in [0.25, 0.3) is 0 Å². The maximum Gasteiger partial charge on any atom is 0.224 e. The molecule has 0 aliphatic rings. The number of hydrogen-bond acceptors (Lipinski definition) is 1. The lowest BCUT2D eigenvalue weighted by Gasteiger charge is -2.06. The minimum atomic E-state index is 0.127. The Morgan fingerprint density at radius 2 is 2.00 bits per heavy atom. The smallest absolute Gasteiger partial charge is 0.224 e. The van der Waals surface area contributed by atoms with Gasteiger partial charge in [0.1, 0.15) is 0 Å². The van der Waals surface area contributed by atoms with Crippen molar-refractivity contribution in [2.75, 3.05) is 11.0 Å². The molecule has 0 unspecified atom stereocenters. The van der Waals surface area contributed by atoms with Crippen LogP contribution in [0, 0.1) is 13.8 Å². The van der Waals surface area contributed by atoms with E-state index in [9.17, 15) is 4.79 Å². The number of halogens is 1. The molecule has 1 amide bonds. The summed E-state index contributed by atoms with van der Waals surface area (Å²) in [4.78, 5) is 11.7. The molecule has 0 radical (unpaired) electrons. The van der Waals surface area contributed by atoms with E-state index < -0.39 is 0 Å². The molecule has 2 nitrogen and oxygen atoms in total. The average Bonchev–Trinajstić information content (AvgIpc) is 2.30. The van der Waals surface area contributed by atoms with Crippen molar-refractivity contribution in [1.82, 2.24) is 5.32 Å². The molecule has 1 aromatic carbocycles. The molecular weight excluding hydrogens is 325 g/mol. The topological polar surface area (TPSA) is 29.1 Å². The summed E-state index contributed by atoms with van der Waals surface area (Å²) in [5, 5.41) is 2.96. The molecule has 0 aromatic heterocycles. The van der Waals surface area contributed by atoms with Crippen molar-refractivity contribution in [3.05, 3.63) is 34.9 Å². The number of hydrogen-bond donors (Lipinski definition) is 1. The summed E-state index contributed by atoms with van der Waals surface area (Å²) >= 11 is 2.36.